The van der Waals surface area contributed by atoms with Crippen molar-refractivity contribution in [3.05, 3.63) is 0 Å². The molecule has 12 heavy (non-hydrogen) atoms. The summed E-state index contributed by atoms with van der Waals surface area (Å²) < 4.78 is 12.3. The van der Waals surface area contributed by atoms with Gasteiger partial charge in [0.1, 0.15) is 0 Å². The van der Waals surface area contributed by atoms with Crippen LogP contribution in [0.5, 0.6) is 0 Å². The van der Waals surface area contributed by atoms with Gasteiger partial charge in [-0.25, -0.2) is 0 Å². The molecule has 0 aromatic carbocycles. The molecule has 0 bridgehead atoms. The number of carbonyl (C=O) groups is 1. The number of piperidine rings is 1. The van der Waals surface area contributed by atoms with Crippen LogP contribution in [-0.4, -0.2) is 17.1 Å². The molecule has 1 unspecified atom stereocenters. The molecule has 1 saturated heterocycles. The topological polar surface area (TPSA) is 89.4 Å². The van der Waals surface area contributed by atoms with Crippen LogP contribution in [0.2, 0.25) is 0 Å². The first-order chi connectivity index (χ1) is 5.43. The Morgan fingerprint density at radius 1 is 1.58 bits per heavy atom. The first-order valence-electron chi connectivity index (χ1n) is 3.92. The number of rotatable bonds is 1. The average Bonchev–Trinajstić information content (AvgIpc) is 1.92. The lowest BCUT2D eigenvalue weighted by molar-refractivity contribution is -0.132. The van der Waals surface area contributed by atoms with Gasteiger partial charge >= 0.3 is 7.59 Å². The molecule has 1 fully saturated rings. The van der Waals surface area contributed by atoms with Gasteiger partial charge in [-0.05, 0) is 12.8 Å². The van der Waals surface area contributed by atoms with Crippen LogP contribution in [0.1, 0.15) is 19.8 Å². The summed E-state index contributed by atoms with van der Waals surface area (Å²) in [6.45, 7) is 2.22. The minimum atomic E-state index is -3.35. The number of amides is 1. The number of hydrogen-bond acceptors (Lipinski definition) is 2. The third-order valence-corrected chi connectivity index (χ3v) is 3.21. The number of nitrogens with zero attached hydrogens (tertiary/aromatic N) is 1. The van der Waals surface area contributed by atoms with E-state index in [1.54, 1.807) is 6.92 Å². The van der Waals surface area contributed by atoms with Crippen LogP contribution >= 0.6 is 7.59 Å². The summed E-state index contributed by atoms with van der Waals surface area (Å²) in [6, 6.07) is 0. The molecule has 1 atom stereocenters. The highest BCUT2D eigenvalue weighted by Gasteiger charge is 2.33. The van der Waals surface area contributed by atoms with Gasteiger partial charge < -0.3 is 0 Å². The largest absolute Gasteiger partial charge is 0.302 e. The van der Waals surface area contributed by atoms with E-state index in [4.69, 9.17) is 11.0 Å². The summed E-state index contributed by atoms with van der Waals surface area (Å²) in [5.74, 6) is -0.284. The molecular formula is C6H14N3O2P. The van der Waals surface area contributed by atoms with Crippen molar-refractivity contribution < 1.29 is 9.36 Å². The summed E-state index contributed by atoms with van der Waals surface area (Å²) in [4.78, 5) is 11.4. The first kappa shape index (κ1) is 9.71. The van der Waals surface area contributed by atoms with E-state index in [2.05, 4.69) is 0 Å². The average molecular weight is 191 g/mol. The molecule has 1 amide bonds. The van der Waals surface area contributed by atoms with Crippen LogP contribution in [-0.2, 0) is 9.36 Å². The minimum absolute atomic E-state index is 0.0980. The number of nitrogens with two attached hydrogens (primary N) is 2. The van der Waals surface area contributed by atoms with E-state index in [1.165, 1.54) is 0 Å². The highest BCUT2D eigenvalue weighted by atomic mass is 31.2. The molecule has 0 spiro atoms. The fourth-order valence-electron chi connectivity index (χ4n) is 1.35. The first-order valence-corrected chi connectivity index (χ1v) is 5.72. The van der Waals surface area contributed by atoms with Crippen LogP contribution in [0.15, 0.2) is 0 Å². The molecule has 70 valence electrons. The minimum Gasteiger partial charge on any atom is -0.274 e. The molecule has 0 saturated carbocycles. The zero-order valence-corrected chi connectivity index (χ0v) is 7.96. The molecule has 0 radical (unpaired) electrons. The van der Waals surface area contributed by atoms with E-state index in [0.717, 1.165) is 17.5 Å². The molecule has 0 aromatic heterocycles. The molecule has 1 rings (SSSR count). The molecule has 1 aliphatic rings. The zero-order chi connectivity index (χ0) is 9.35. The van der Waals surface area contributed by atoms with Crippen LogP contribution < -0.4 is 11.0 Å². The third kappa shape index (κ3) is 1.86. The Kier molecular flexibility index (Phi) is 2.56. The Bertz CT molecular complexity index is 237. The van der Waals surface area contributed by atoms with E-state index in [0.29, 0.717) is 6.54 Å². The van der Waals surface area contributed by atoms with Crippen LogP contribution in [0.3, 0.4) is 0 Å². The molecule has 4 N–H and O–H groups in total. The fourth-order valence-corrected chi connectivity index (χ4v) is 2.30. The Morgan fingerprint density at radius 3 is 2.58 bits per heavy atom. The van der Waals surface area contributed by atoms with Gasteiger partial charge in [0.25, 0.3) is 0 Å². The van der Waals surface area contributed by atoms with Crippen LogP contribution in [0, 0.1) is 5.92 Å². The van der Waals surface area contributed by atoms with E-state index < -0.39 is 7.59 Å². The molecule has 1 heterocycles. The molecule has 6 heteroatoms. The molecule has 0 aromatic rings. The lowest BCUT2D eigenvalue weighted by atomic mass is 10.0. The van der Waals surface area contributed by atoms with Gasteiger partial charge in [0, 0.05) is 12.5 Å². The standard InChI is InChI=1S/C6H14N3O2P/c1-5-3-2-4-9(6(5)10)12(7,8)11/h5H,2-4H2,1H3,(H4,7,8,11). The quantitative estimate of drug-likeness (QED) is 0.582. The van der Waals surface area contributed by atoms with Gasteiger partial charge in [0.2, 0.25) is 5.91 Å². The zero-order valence-electron chi connectivity index (χ0n) is 7.06. The Morgan fingerprint density at radius 2 is 2.17 bits per heavy atom. The van der Waals surface area contributed by atoms with Gasteiger partial charge in [-0.15, -0.1) is 0 Å². The highest BCUT2D eigenvalue weighted by Crippen LogP contribution is 2.36. The fraction of sp³-hybridized carbons (Fsp3) is 0.833. The van der Waals surface area contributed by atoms with E-state index in [1.807, 2.05) is 0 Å². The summed E-state index contributed by atoms with van der Waals surface area (Å²) in [6.07, 6.45) is 1.65. The van der Waals surface area contributed by atoms with Crippen molar-refractivity contribution >= 4 is 13.5 Å². The summed E-state index contributed by atoms with van der Waals surface area (Å²) in [5.41, 5.74) is 10.4. The Balaban J connectivity index is 2.78. The van der Waals surface area contributed by atoms with Gasteiger partial charge in [0.15, 0.2) is 0 Å². The Labute approximate surface area is 71.6 Å². The monoisotopic (exact) mass is 191 g/mol. The second-order valence-corrected chi connectivity index (χ2v) is 5.00. The number of carbonyl (C=O) groups excluding carboxylic acids is 1. The maximum atomic E-state index is 11.4. The molecule has 0 aliphatic carbocycles. The maximum Gasteiger partial charge on any atom is 0.302 e. The van der Waals surface area contributed by atoms with Gasteiger partial charge in [-0.3, -0.25) is 25.0 Å². The van der Waals surface area contributed by atoms with E-state index in [9.17, 15) is 9.36 Å². The van der Waals surface area contributed by atoms with Crippen molar-refractivity contribution in [2.24, 2.45) is 16.9 Å². The van der Waals surface area contributed by atoms with Gasteiger partial charge in [-0.1, -0.05) is 6.92 Å². The highest BCUT2D eigenvalue weighted by molar-refractivity contribution is 7.57. The van der Waals surface area contributed by atoms with Crippen molar-refractivity contribution in [1.29, 1.82) is 0 Å². The maximum absolute atomic E-state index is 11.4. The summed E-state index contributed by atoms with van der Waals surface area (Å²) in [7, 11) is -3.35. The SMILES string of the molecule is CC1CCCN(P(N)(N)=O)C1=O. The number of hydrogen-bond donors (Lipinski definition) is 2. The van der Waals surface area contributed by atoms with Crippen molar-refractivity contribution in [2.45, 2.75) is 19.8 Å². The van der Waals surface area contributed by atoms with E-state index >= 15 is 0 Å². The predicted octanol–water partition coefficient (Wildman–Crippen LogP) is 0.270. The normalized spacial score (nSPS) is 26.1. The van der Waals surface area contributed by atoms with Crippen molar-refractivity contribution in [3.63, 3.8) is 0 Å². The third-order valence-electron chi connectivity index (χ3n) is 2.06. The molecule has 5 nitrogen and oxygen atoms in total. The predicted molar refractivity (Wildman–Crippen MR) is 46.1 cm³/mol. The Hall–Kier alpha value is -0.380. The van der Waals surface area contributed by atoms with Gasteiger partial charge in [-0.2, -0.15) is 0 Å². The smallest absolute Gasteiger partial charge is 0.274 e. The summed E-state index contributed by atoms with van der Waals surface area (Å²) in [5, 5.41) is 0. The molecular weight excluding hydrogens is 177 g/mol. The van der Waals surface area contributed by atoms with Crippen molar-refractivity contribution in [2.75, 3.05) is 6.54 Å². The van der Waals surface area contributed by atoms with Crippen molar-refractivity contribution in [3.8, 4) is 0 Å². The lowest BCUT2D eigenvalue weighted by Gasteiger charge is -2.32. The summed E-state index contributed by atoms with van der Waals surface area (Å²) >= 11 is 0. The van der Waals surface area contributed by atoms with Crippen LogP contribution in [0.4, 0.5) is 0 Å². The second-order valence-electron chi connectivity index (χ2n) is 3.18. The molecule has 1 aliphatic heterocycles. The van der Waals surface area contributed by atoms with Gasteiger partial charge in [0.05, 0.1) is 0 Å². The van der Waals surface area contributed by atoms with Crippen LogP contribution in [0.25, 0.3) is 0 Å². The second kappa shape index (κ2) is 3.17. The van der Waals surface area contributed by atoms with E-state index in [-0.39, 0.29) is 11.8 Å². The van der Waals surface area contributed by atoms with Crippen molar-refractivity contribution in [1.82, 2.24) is 4.67 Å². The lowest BCUT2D eigenvalue weighted by Crippen LogP contribution is -2.41.